The van der Waals surface area contributed by atoms with Gasteiger partial charge in [-0.1, -0.05) is 13.3 Å². The van der Waals surface area contributed by atoms with Crippen molar-refractivity contribution in [3.8, 4) is 0 Å². The molecule has 0 saturated heterocycles. The van der Waals surface area contributed by atoms with Crippen molar-refractivity contribution in [1.29, 1.82) is 0 Å². The molecule has 5 heteroatoms. The number of hydrogen-bond acceptors (Lipinski definition) is 4. The van der Waals surface area contributed by atoms with Crippen LogP contribution in [0.5, 0.6) is 0 Å². The minimum Gasteiger partial charge on any atom is -0.465 e. The standard InChI is InChI=1S/C16H18N2O2S/c1-2-9-5-6-10-12(8-9)21-16-13(10)15(19)17-14(18-16)11-4-3-7-20-11/h3-4,7,9,14,18H,2,5-6,8H2,1H3,(H,17,19). The fourth-order valence-electron chi connectivity index (χ4n) is 3.31. The van der Waals surface area contributed by atoms with E-state index < -0.39 is 0 Å². The molecule has 3 heterocycles. The van der Waals surface area contributed by atoms with Crippen molar-refractivity contribution in [3.05, 3.63) is 40.2 Å². The zero-order valence-electron chi connectivity index (χ0n) is 11.9. The molecule has 0 bridgehead atoms. The molecule has 1 amide bonds. The highest BCUT2D eigenvalue weighted by Crippen LogP contribution is 2.43. The second kappa shape index (κ2) is 4.91. The molecule has 0 fully saturated rings. The number of carbonyl (C=O) groups is 1. The molecule has 2 unspecified atom stereocenters. The van der Waals surface area contributed by atoms with Crippen LogP contribution in [0.25, 0.3) is 0 Å². The first-order valence-corrected chi connectivity index (χ1v) is 8.33. The van der Waals surface area contributed by atoms with E-state index in [1.54, 1.807) is 17.6 Å². The molecule has 0 aromatic carbocycles. The van der Waals surface area contributed by atoms with Gasteiger partial charge in [-0.2, -0.15) is 0 Å². The van der Waals surface area contributed by atoms with Crippen LogP contribution < -0.4 is 10.6 Å². The quantitative estimate of drug-likeness (QED) is 0.889. The minimum absolute atomic E-state index is 0.0256. The predicted molar refractivity (Wildman–Crippen MR) is 82.7 cm³/mol. The average Bonchev–Trinajstić information content (AvgIpc) is 3.13. The maximum absolute atomic E-state index is 12.5. The van der Waals surface area contributed by atoms with Crippen LogP contribution in [-0.4, -0.2) is 5.91 Å². The van der Waals surface area contributed by atoms with Gasteiger partial charge in [0.15, 0.2) is 6.17 Å². The van der Waals surface area contributed by atoms with E-state index >= 15 is 0 Å². The molecule has 0 radical (unpaired) electrons. The Morgan fingerprint density at radius 1 is 1.43 bits per heavy atom. The van der Waals surface area contributed by atoms with Gasteiger partial charge in [-0.05, 0) is 42.9 Å². The number of hydrogen-bond donors (Lipinski definition) is 2. The van der Waals surface area contributed by atoms with Crippen LogP contribution in [0.15, 0.2) is 22.8 Å². The summed E-state index contributed by atoms with van der Waals surface area (Å²) in [7, 11) is 0. The lowest BCUT2D eigenvalue weighted by Gasteiger charge is -2.25. The zero-order valence-corrected chi connectivity index (χ0v) is 12.8. The van der Waals surface area contributed by atoms with E-state index in [2.05, 4.69) is 17.6 Å². The number of rotatable bonds is 2. The van der Waals surface area contributed by atoms with Crippen molar-refractivity contribution in [2.75, 3.05) is 5.32 Å². The molecule has 2 N–H and O–H groups in total. The molecule has 2 aliphatic rings. The first kappa shape index (κ1) is 13.0. The average molecular weight is 302 g/mol. The van der Waals surface area contributed by atoms with Crippen molar-refractivity contribution in [2.24, 2.45) is 5.92 Å². The summed E-state index contributed by atoms with van der Waals surface area (Å²) in [5.41, 5.74) is 2.13. The molecule has 0 spiro atoms. The Bertz CT molecular complexity index is 675. The maximum atomic E-state index is 12.5. The van der Waals surface area contributed by atoms with E-state index in [0.717, 1.165) is 35.1 Å². The molecule has 2 atom stereocenters. The Balaban J connectivity index is 1.69. The lowest BCUT2D eigenvalue weighted by molar-refractivity contribution is 0.0930. The summed E-state index contributed by atoms with van der Waals surface area (Å²) >= 11 is 1.75. The van der Waals surface area contributed by atoms with Crippen LogP contribution in [0.1, 0.15) is 52.5 Å². The van der Waals surface area contributed by atoms with Crippen molar-refractivity contribution >= 4 is 22.2 Å². The highest BCUT2D eigenvalue weighted by molar-refractivity contribution is 7.16. The van der Waals surface area contributed by atoms with Crippen molar-refractivity contribution in [2.45, 2.75) is 38.8 Å². The van der Waals surface area contributed by atoms with Gasteiger partial charge in [-0.3, -0.25) is 4.79 Å². The van der Waals surface area contributed by atoms with Gasteiger partial charge in [0.25, 0.3) is 5.91 Å². The van der Waals surface area contributed by atoms with Crippen molar-refractivity contribution in [3.63, 3.8) is 0 Å². The fourth-order valence-corrected chi connectivity index (χ4v) is 4.70. The highest BCUT2D eigenvalue weighted by Gasteiger charge is 2.34. The van der Waals surface area contributed by atoms with Gasteiger partial charge >= 0.3 is 0 Å². The lowest BCUT2D eigenvalue weighted by Crippen LogP contribution is -2.38. The molecule has 4 rings (SSSR count). The summed E-state index contributed by atoms with van der Waals surface area (Å²) < 4.78 is 5.40. The number of fused-ring (bicyclic) bond motifs is 3. The second-order valence-corrected chi connectivity index (χ2v) is 6.90. The molecule has 2 aromatic rings. The van der Waals surface area contributed by atoms with Gasteiger partial charge < -0.3 is 15.1 Å². The molecule has 1 aliphatic heterocycles. The SMILES string of the molecule is CCC1CCc2c(sc3c2C(=O)NC(c2ccco2)N3)C1. The number of carbonyl (C=O) groups excluding carboxylic acids is 1. The number of nitrogens with one attached hydrogen (secondary N) is 2. The van der Waals surface area contributed by atoms with E-state index in [1.165, 1.54) is 23.3 Å². The van der Waals surface area contributed by atoms with Gasteiger partial charge in [0, 0.05) is 4.88 Å². The molecular formula is C16H18N2O2S. The number of anilines is 1. The van der Waals surface area contributed by atoms with Gasteiger partial charge in [0.1, 0.15) is 10.8 Å². The van der Waals surface area contributed by atoms with Gasteiger partial charge in [-0.25, -0.2) is 0 Å². The third kappa shape index (κ3) is 2.07. The predicted octanol–water partition coefficient (Wildman–Crippen LogP) is 3.71. The fraction of sp³-hybridized carbons (Fsp3) is 0.438. The summed E-state index contributed by atoms with van der Waals surface area (Å²) in [5.74, 6) is 1.53. The normalized spacial score (nSPS) is 24.0. The van der Waals surface area contributed by atoms with E-state index in [4.69, 9.17) is 4.42 Å². The molecule has 110 valence electrons. The second-order valence-electron chi connectivity index (χ2n) is 5.79. The molecule has 21 heavy (non-hydrogen) atoms. The third-order valence-electron chi connectivity index (χ3n) is 4.55. The highest BCUT2D eigenvalue weighted by atomic mass is 32.1. The van der Waals surface area contributed by atoms with Gasteiger partial charge in [0.2, 0.25) is 0 Å². The number of furan rings is 1. The summed E-state index contributed by atoms with van der Waals surface area (Å²) in [6.45, 7) is 2.25. The molecule has 2 aromatic heterocycles. The Morgan fingerprint density at radius 2 is 2.33 bits per heavy atom. The van der Waals surface area contributed by atoms with Crippen molar-refractivity contribution < 1.29 is 9.21 Å². The first-order valence-electron chi connectivity index (χ1n) is 7.51. The summed E-state index contributed by atoms with van der Waals surface area (Å²) in [6, 6.07) is 3.72. The van der Waals surface area contributed by atoms with Crippen LogP contribution in [0.4, 0.5) is 5.00 Å². The Labute approximate surface area is 127 Å². The summed E-state index contributed by atoms with van der Waals surface area (Å²) in [5, 5.41) is 7.41. The van der Waals surface area contributed by atoms with Gasteiger partial charge in [0.05, 0.1) is 11.8 Å². The van der Waals surface area contributed by atoms with E-state index in [0.29, 0.717) is 0 Å². The largest absolute Gasteiger partial charge is 0.465 e. The third-order valence-corrected chi connectivity index (χ3v) is 5.74. The Kier molecular flexibility index (Phi) is 3.03. The van der Waals surface area contributed by atoms with Crippen LogP contribution in [-0.2, 0) is 12.8 Å². The minimum atomic E-state index is -0.262. The first-order chi connectivity index (χ1) is 10.3. The lowest BCUT2D eigenvalue weighted by atomic mass is 9.85. The van der Waals surface area contributed by atoms with E-state index in [-0.39, 0.29) is 12.1 Å². The number of amides is 1. The number of thiophene rings is 1. The van der Waals surface area contributed by atoms with Crippen molar-refractivity contribution in [1.82, 2.24) is 5.32 Å². The molecule has 1 aliphatic carbocycles. The van der Waals surface area contributed by atoms with Gasteiger partial charge in [-0.15, -0.1) is 11.3 Å². The zero-order chi connectivity index (χ0) is 14.4. The Morgan fingerprint density at radius 3 is 3.10 bits per heavy atom. The monoisotopic (exact) mass is 302 g/mol. The van der Waals surface area contributed by atoms with Crippen LogP contribution in [0.2, 0.25) is 0 Å². The molecule has 4 nitrogen and oxygen atoms in total. The van der Waals surface area contributed by atoms with Crippen LogP contribution in [0, 0.1) is 5.92 Å². The summed E-state index contributed by atoms with van der Waals surface area (Å²) in [6.07, 6.45) is 5.92. The maximum Gasteiger partial charge on any atom is 0.256 e. The van der Waals surface area contributed by atoms with Crippen LogP contribution >= 0.6 is 11.3 Å². The van der Waals surface area contributed by atoms with E-state index in [9.17, 15) is 4.79 Å². The topological polar surface area (TPSA) is 54.3 Å². The van der Waals surface area contributed by atoms with E-state index in [1.807, 2.05) is 12.1 Å². The smallest absolute Gasteiger partial charge is 0.256 e. The molecular weight excluding hydrogens is 284 g/mol. The molecule has 0 saturated carbocycles. The summed E-state index contributed by atoms with van der Waals surface area (Å²) in [4.78, 5) is 13.9. The van der Waals surface area contributed by atoms with Crippen LogP contribution in [0.3, 0.4) is 0 Å². The Hall–Kier alpha value is -1.75.